The van der Waals surface area contributed by atoms with Gasteiger partial charge in [-0.15, -0.1) is 11.8 Å². The van der Waals surface area contributed by atoms with Crippen LogP contribution in [-0.2, 0) is 4.79 Å². The van der Waals surface area contributed by atoms with E-state index in [0.717, 1.165) is 60.4 Å². The molecule has 1 aromatic heterocycles. The molecule has 1 aliphatic heterocycles. The molecule has 0 spiro atoms. The van der Waals surface area contributed by atoms with Crippen LogP contribution in [0.1, 0.15) is 37.4 Å². The molecule has 35 heavy (non-hydrogen) atoms. The number of hydrogen-bond donors (Lipinski definition) is 2. The highest BCUT2D eigenvalue weighted by atomic mass is 32.2. The molecule has 3 aromatic rings. The second-order valence-corrected chi connectivity index (χ2v) is 10.4. The highest BCUT2D eigenvalue weighted by molar-refractivity contribution is 7.99. The van der Waals surface area contributed by atoms with Crippen LogP contribution in [-0.4, -0.2) is 58.6 Å². The van der Waals surface area contributed by atoms with Gasteiger partial charge in [0.25, 0.3) is 0 Å². The number of aliphatic hydroxyl groups is 1. The highest BCUT2D eigenvalue weighted by Gasteiger charge is 2.31. The number of methoxy groups -OCH3 is 1. The van der Waals surface area contributed by atoms with E-state index in [1.807, 2.05) is 42.1 Å². The second-order valence-electron chi connectivity index (χ2n) is 9.25. The Bertz CT molecular complexity index is 1110. The van der Waals surface area contributed by atoms with Crippen LogP contribution in [0.2, 0.25) is 0 Å². The van der Waals surface area contributed by atoms with Crippen LogP contribution >= 0.6 is 11.8 Å². The summed E-state index contributed by atoms with van der Waals surface area (Å²) in [5.74, 6) is 1.38. The molecule has 7 heteroatoms. The van der Waals surface area contributed by atoms with Gasteiger partial charge in [-0.25, -0.2) is 0 Å². The van der Waals surface area contributed by atoms with Crippen molar-refractivity contribution in [2.45, 2.75) is 36.7 Å². The summed E-state index contributed by atoms with van der Waals surface area (Å²) in [6, 6.07) is 17.9. The maximum atomic E-state index is 11.6. The first kappa shape index (κ1) is 25.5. The van der Waals surface area contributed by atoms with Crippen molar-refractivity contribution in [1.29, 1.82) is 0 Å². The van der Waals surface area contributed by atoms with Gasteiger partial charge in [0.15, 0.2) is 0 Å². The number of rotatable bonds is 11. The number of likely N-dealkylation sites (tertiary alicyclic amines) is 1. The van der Waals surface area contributed by atoms with Crippen LogP contribution in [0.15, 0.2) is 65.7 Å². The fourth-order valence-corrected chi connectivity index (χ4v) is 6.03. The maximum absolute atomic E-state index is 11.6. The van der Waals surface area contributed by atoms with E-state index >= 15 is 0 Å². The fraction of sp³-hybridized carbons (Fsp3) is 0.429. The molecule has 2 heterocycles. The number of piperidine rings is 1. The van der Waals surface area contributed by atoms with E-state index in [-0.39, 0.29) is 12.3 Å². The van der Waals surface area contributed by atoms with Crippen LogP contribution in [0.4, 0.5) is 0 Å². The molecule has 0 radical (unpaired) electrons. The van der Waals surface area contributed by atoms with Crippen LogP contribution in [0.5, 0.6) is 5.75 Å². The minimum atomic E-state index is -0.742. The molecular formula is C28H34N2O4S. The number of nitrogens with zero attached hydrogens (tertiary/aromatic N) is 2. The van der Waals surface area contributed by atoms with E-state index in [9.17, 15) is 15.0 Å². The van der Waals surface area contributed by atoms with Crippen molar-refractivity contribution in [3.63, 3.8) is 0 Å². The van der Waals surface area contributed by atoms with Crippen molar-refractivity contribution in [3.05, 3.63) is 66.4 Å². The monoisotopic (exact) mass is 494 g/mol. The van der Waals surface area contributed by atoms with E-state index in [2.05, 4.69) is 34.1 Å². The van der Waals surface area contributed by atoms with E-state index in [0.29, 0.717) is 12.3 Å². The first-order valence-electron chi connectivity index (χ1n) is 12.3. The number of carboxylic acids is 1. The Hall–Kier alpha value is -2.61. The van der Waals surface area contributed by atoms with Crippen LogP contribution in [0, 0.1) is 11.8 Å². The number of carboxylic acid groups (broad SMARTS) is 1. The third-order valence-corrected chi connectivity index (χ3v) is 7.98. The Labute approximate surface area is 211 Å². The third kappa shape index (κ3) is 6.97. The van der Waals surface area contributed by atoms with Gasteiger partial charge in [-0.1, -0.05) is 18.2 Å². The molecule has 0 aliphatic carbocycles. The van der Waals surface area contributed by atoms with E-state index < -0.39 is 12.1 Å². The lowest BCUT2D eigenvalue weighted by Crippen LogP contribution is -2.42. The normalized spacial score (nSPS) is 19.5. The lowest BCUT2D eigenvalue weighted by molar-refractivity contribution is -0.139. The third-order valence-electron chi connectivity index (χ3n) is 6.98. The van der Waals surface area contributed by atoms with Gasteiger partial charge in [0, 0.05) is 41.7 Å². The molecule has 1 saturated heterocycles. The standard InChI is InChI=1S/C28H34N2O4S/c1-34-22-8-9-26-25(18-22)24(11-13-29-26)27(31)10-7-20-12-14-30(19-21(20)17-28(32)33)15-16-35-23-5-3-2-4-6-23/h2-6,8-9,11,13,18,20-21,27,31H,7,10,12,14-17,19H2,1H3,(H,32,33)/t20-,21+,27-/m1/s1. The van der Waals surface area contributed by atoms with Crippen molar-refractivity contribution < 1.29 is 19.7 Å². The number of benzene rings is 2. The Morgan fingerprint density at radius 1 is 1.20 bits per heavy atom. The number of fused-ring (bicyclic) bond motifs is 1. The van der Waals surface area contributed by atoms with Gasteiger partial charge in [0.2, 0.25) is 0 Å². The largest absolute Gasteiger partial charge is 0.497 e. The van der Waals surface area contributed by atoms with Gasteiger partial charge in [-0.3, -0.25) is 9.78 Å². The number of aromatic nitrogens is 1. The molecular weight excluding hydrogens is 460 g/mol. The number of hydrogen-bond acceptors (Lipinski definition) is 6. The summed E-state index contributed by atoms with van der Waals surface area (Å²) in [6.45, 7) is 2.73. The lowest BCUT2D eigenvalue weighted by atomic mass is 9.79. The van der Waals surface area contributed by atoms with Gasteiger partial charge in [0.1, 0.15) is 5.75 Å². The first-order chi connectivity index (χ1) is 17.0. The topological polar surface area (TPSA) is 82.9 Å². The molecule has 0 amide bonds. The van der Waals surface area contributed by atoms with Crippen LogP contribution < -0.4 is 4.74 Å². The number of aliphatic carboxylic acids is 1. The number of thioether (sulfide) groups is 1. The van der Waals surface area contributed by atoms with Crippen molar-refractivity contribution in [1.82, 2.24) is 9.88 Å². The predicted molar refractivity (Wildman–Crippen MR) is 140 cm³/mol. The molecule has 4 rings (SSSR count). The number of pyridine rings is 1. The molecule has 1 fully saturated rings. The van der Waals surface area contributed by atoms with Gasteiger partial charge >= 0.3 is 5.97 Å². The highest BCUT2D eigenvalue weighted by Crippen LogP contribution is 2.35. The van der Waals surface area contributed by atoms with Gasteiger partial charge < -0.3 is 19.8 Å². The zero-order valence-electron chi connectivity index (χ0n) is 20.2. The van der Waals surface area contributed by atoms with Crippen molar-refractivity contribution >= 4 is 28.6 Å². The van der Waals surface area contributed by atoms with Gasteiger partial charge in [-0.2, -0.15) is 0 Å². The average molecular weight is 495 g/mol. The summed E-state index contributed by atoms with van der Waals surface area (Å²) in [6.07, 6.45) is 3.65. The number of carbonyl (C=O) groups is 1. The predicted octanol–water partition coefficient (Wildman–Crippen LogP) is 5.26. The number of aliphatic hydroxyl groups excluding tert-OH is 1. The molecule has 0 unspecified atom stereocenters. The lowest BCUT2D eigenvalue weighted by Gasteiger charge is -2.38. The molecule has 0 bridgehead atoms. The summed E-state index contributed by atoms with van der Waals surface area (Å²) in [5, 5.41) is 21.5. The SMILES string of the molecule is COc1ccc2nccc([C@H](O)CC[C@@H]3CCN(CCSc4ccccc4)C[C@@H]3CC(=O)O)c2c1. The summed E-state index contributed by atoms with van der Waals surface area (Å²) >= 11 is 1.84. The summed E-state index contributed by atoms with van der Waals surface area (Å²) < 4.78 is 5.36. The second kappa shape index (κ2) is 12.4. The van der Waals surface area contributed by atoms with E-state index in [4.69, 9.17) is 4.74 Å². The van der Waals surface area contributed by atoms with Crippen LogP contribution in [0.3, 0.4) is 0 Å². The minimum absolute atomic E-state index is 0.101. The maximum Gasteiger partial charge on any atom is 0.303 e. The Morgan fingerprint density at radius 3 is 2.80 bits per heavy atom. The molecule has 6 nitrogen and oxygen atoms in total. The Kier molecular flexibility index (Phi) is 9.01. The summed E-state index contributed by atoms with van der Waals surface area (Å²) in [7, 11) is 1.63. The van der Waals surface area contributed by atoms with E-state index in [1.165, 1.54) is 4.90 Å². The molecule has 2 N–H and O–H groups in total. The van der Waals surface area contributed by atoms with Gasteiger partial charge in [0.05, 0.1) is 18.7 Å². The molecule has 1 aliphatic rings. The molecule has 186 valence electrons. The van der Waals surface area contributed by atoms with Crippen LogP contribution in [0.25, 0.3) is 10.9 Å². The number of ether oxygens (including phenoxy) is 1. The van der Waals surface area contributed by atoms with Crippen molar-refractivity contribution in [2.24, 2.45) is 11.8 Å². The van der Waals surface area contributed by atoms with Crippen molar-refractivity contribution in [2.75, 3.05) is 32.5 Å². The van der Waals surface area contributed by atoms with Gasteiger partial charge in [-0.05, 0) is 79.6 Å². The van der Waals surface area contributed by atoms with Crippen molar-refractivity contribution in [3.8, 4) is 5.75 Å². The first-order valence-corrected chi connectivity index (χ1v) is 13.2. The molecule has 3 atom stereocenters. The molecule has 2 aromatic carbocycles. The quantitative estimate of drug-likeness (QED) is 0.352. The Morgan fingerprint density at radius 2 is 2.03 bits per heavy atom. The molecule has 0 saturated carbocycles. The van der Waals surface area contributed by atoms with E-state index in [1.54, 1.807) is 13.3 Å². The average Bonchev–Trinajstić information content (AvgIpc) is 2.87. The summed E-state index contributed by atoms with van der Waals surface area (Å²) in [4.78, 5) is 19.7. The Balaban J connectivity index is 1.35. The zero-order valence-corrected chi connectivity index (χ0v) is 21.0. The smallest absolute Gasteiger partial charge is 0.303 e. The fourth-order valence-electron chi connectivity index (χ4n) is 5.10. The zero-order chi connectivity index (χ0) is 24.6. The summed E-state index contributed by atoms with van der Waals surface area (Å²) in [5.41, 5.74) is 1.67. The minimum Gasteiger partial charge on any atom is -0.497 e.